The number of halogens is 1. The number of rotatable bonds is 6. The summed E-state index contributed by atoms with van der Waals surface area (Å²) in [7, 11) is -4.23. The standard InChI is InChI=1S/C9H14ClNO7S2/c1-9(2)7(12)6(8(13)11(9)10)4-3-5-20(16,17)18-19(14)15/h6H,3-5H2,1-2H3,(H,14,15)/p-1. The summed E-state index contributed by atoms with van der Waals surface area (Å²) >= 11 is 2.55. The Kier molecular flexibility index (Phi) is 5.30. The number of Topliss-reactive ketones (excluding diaryl/α,β-unsaturated/α-hetero) is 1. The van der Waals surface area contributed by atoms with Crippen LogP contribution in [0.5, 0.6) is 0 Å². The fraction of sp³-hybridized carbons (Fsp3) is 0.778. The maximum Gasteiger partial charge on any atom is 0.279 e. The molecule has 0 aliphatic carbocycles. The molecule has 0 aromatic heterocycles. The Morgan fingerprint density at radius 1 is 1.45 bits per heavy atom. The van der Waals surface area contributed by atoms with Gasteiger partial charge < -0.3 is 4.55 Å². The Hall–Kier alpha value is -0.550. The van der Waals surface area contributed by atoms with Crippen molar-refractivity contribution in [3.05, 3.63) is 0 Å². The normalized spacial score (nSPS) is 24.2. The van der Waals surface area contributed by atoms with Gasteiger partial charge in [-0.2, -0.15) is 12.0 Å². The smallest absolute Gasteiger partial charge is 0.279 e. The van der Waals surface area contributed by atoms with Crippen LogP contribution in [0.4, 0.5) is 0 Å². The largest absolute Gasteiger partial charge is 0.749 e. The Labute approximate surface area is 124 Å². The van der Waals surface area contributed by atoms with Gasteiger partial charge >= 0.3 is 0 Å². The van der Waals surface area contributed by atoms with Crippen LogP contribution >= 0.6 is 11.8 Å². The average molecular weight is 347 g/mol. The number of hydrogen-bond acceptors (Lipinski definition) is 7. The van der Waals surface area contributed by atoms with Crippen LogP contribution in [0, 0.1) is 5.92 Å². The van der Waals surface area contributed by atoms with Crippen molar-refractivity contribution in [3.8, 4) is 0 Å². The van der Waals surface area contributed by atoms with Gasteiger partial charge in [-0.05, 0) is 26.7 Å². The summed E-state index contributed by atoms with van der Waals surface area (Å²) in [6.07, 6.45) is -0.138. The average Bonchev–Trinajstić information content (AvgIpc) is 2.42. The van der Waals surface area contributed by atoms with E-state index < -0.39 is 50.4 Å². The summed E-state index contributed by atoms with van der Waals surface area (Å²) in [4.78, 5) is 23.7. The molecule has 2 atom stereocenters. The molecule has 11 heteroatoms. The molecule has 0 N–H and O–H groups in total. The first-order valence-corrected chi connectivity index (χ1v) is 8.46. The Morgan fingerprint density at radius 3 is 2.40 bits per heavy atom. The second-order valence-corrected chi connectivity index (χ2v) is 7.59. The van der Waals surface area contributed by atoms with Crippen LogP contribution in [0.25, 0.3) is 0 Å². The van der Waals surface area contributed by atoms with Crippen molar-refractivity contribution < 1.29 is 30.4 Å². The van der Waals surface area contributed by atoms with Crippen LogP contribution in [0.15, 0.2) is 0 Å². The van der Waals surface area contributed by atoms with Crippen LogP contribution in [-0.2, 0) is 34.7 Å². The van der Waals surface area contributed by atoms with Gasteiger partial charge in [-0.3, -0.25) is 9.59 Å². The maximum atomic E-state index is 12.0. The summed E-state index contributed by atoms with van der Waals surface area (Å²) in [5.41, 5.74) is -1.14. The van der Waals surface area contributed by atoms with Gasteiger partial charge in [0.05, 0.1) is 5.75 Å². The predicted molar refractivity (Wildman–Crippen MR) is 68.3 cm³/mol. The molecule has 20 heavy (non-hydrogen) atoms. The summed E-state index contributed by atoms with van der Waals surface area (Å²) < 4.78 is 47.1. The molecule has 0 bridgehead atoms. The molecule has 1 saturated heterocycles. The molecule has 0 aromatic carbocycles. The van der Waals surface area contributed by atoms with Crippen molar-refractivity contribution in [2.24, 2.45) is 5.92 Å². The third kappa shape index (κ3) is 3.76. The quantitative estimate of drug-likeness (QED) is 0.373. The van der Waals surface area contributed by atoms with E-state index in [0.29, 0.717) is 0 Å². The number of carbonyl (C=O) groups excluding carboxylic acids is 2. The van der Waals surface area contributed by atoms with E-state index in [1.807, 2.05) is 0 Å². The van der Waals surface area contributed by atoms with Gasteiger partial charge in [0, 0.05) is 11.8 Å². The molecule has 1 heterocycles. The van der Waals surface area contributed by atoms with E-state index in [-0.39, 0.29) is 12.8 Å². The van der Waals surface area contributed by atoms with E-state index in [2.05, 4.69) is 3.63 Å². The van der Waals surface area contributed by atoms with Gasteiger partial charge in [0.1, 0.15) is 22.8 Å². The summed E-state index contributed by atoms with van der Waals surface area (Å²) in [5, 5.41) is 0. The van der Waals surface area contributed by atoms with E-state index in [0.717, 1.165) is 4.42 Å². The molecule has 0 aromatic rings. The molecule has 116 valence electrons. The fourth-order valence-electron chi connectivity index (χ4n) is 1.89. The second kappa shape index (κ2) is 6.06. The third-order valence-electron chi connectivity index (χ3n) is 2.95. The van der Waals surface area contributed by atoms with E-state index in [1.54, 1.807) is 0 Å². The zero-order valence-electron chi connectivity index (χ0n) is 10.7. The molecule has 1 aliphatic heterocycles. The highest BCUT2D eigenvalue weighted by molar-refractivity contribution is 7.95. The van der Waals surface area contributed by atoms with Gasteiger partial charge in [0.25, 0.3) is 10.1 Å². The SMILES string of the molecule is CC1(C)C(=O)C(CCCS(=O)(=O)OS(=O)[O-])C(=O)N1Cl. The molecule has 0 saturated carbocycles. The van der Waals surface area contributed by atoms with Gasteiger partial charge in [0.15, 0.2) is 5.78 Å². The van der Waals surface area contributed by atoms with Gasteiger partial charge in [-0.15, -0.1) is 0 Å². The summed E-state index contributed by atoms with van der Waals surface area (Å²) in [5.74, 6) is -2.62. The lowest BCUT2D eigenvalue weighted by Gasteiger charge is -2.21. The minimum atomic E-state index is -4.23. The van der Waals surface area contributed by atoms with Gasteiger partial charge in [-0.25, -0.2) is 8.63 Å². The number of hydrogen-bond donors (Lipinski definition) is 0. The van der Waals surface area contributed by atoms with Crippen molar-refractivity contribution in [2.45, 2.75) is 32.2 Å². The van der Waals surface area contributed by atoms with Gasteiger partial charge in [0.2, 0.25) is 5.91 Å². The number of ketones is 1. The van der Waals surface area contributed by atoms with Crippen LogP contribution in [-0.4, -0.2) is 44.6 Å². The van der Waals surface area contributed by atoms with Crippen molar-refractivity contribution >= 4 is 44.9 Å². The molecule has 1 aliphatic rings. The monoisotopic (exact) mass is 346 g/mol. The van der Waals surface area contributed by atoms with Crippen LogP contribution in [0.1, 0.15) is 26.7 Å². The predicted octanol–water partition coefficient (Wildman–Crippen LogP) is -0.133. The zero-order chi connectivity index (χ0) is 15.7. The van der Waals surface area contributed by atoms with E-state index in [9.17, 15) is 26.8 Å². The first kappa shape index (κ1) is 17.5. The van der Waals surface area contributed by atoms with Crippen molar-refractivity contribution in [2.75, 3.05) is 5.75 Å². The first-order chi connectivity index (χ1) is 8.99. The van der Waals surface area contributed by atoms with E-state index in [1.165, 1.54) is 13.8 Å². The lowest BCUT2D eigenvalue weighted by Crippen LogP contribution is -2.38. The first-order valence-electron chi connectivity index (χ1n) is 5.55. The highest BCUT2D eigenvalue weighted by atomic mass is 35.5. The Balaban J connectivity index is 2.62. The van der Waals surface area contributed by atoms with Crippen molar-refractivity contribution in [1.82, 2.24) is 4.42 Å². The fourth-order valence-corrected chi connectivity index (χ4v) is 3.56. The molecule has 0 radical (unpaired) electrons. The minimum absolute atomic E-state index is 0.0433. The second-order valence-electron chi connectivity index (χ2n) is 4.77. The molecule has 1 amide bonds. The molecular formula is C9H13ClNO7S2-. The van der Waals surface area contributed by atoms with Crippen LogP contribution < -0.4 is 0 Å². The number of nitrogens with zero attached hydrogens (tertiary/aromatic N) is 1. The van der Waals surface area contributed by atoms with Crippen LogP contribution in [0.3, 0.4) is 0 Å². The Bertz CT molecular complexity index is 544. The van der Waals surface area contributed by atoms with E-state index in [4.69, 9.17) is 11.8 Å². The molecule has 2 unspecified atom stereocenters. The number of carbonyl (C=O) groups is 2. The summed E-state index contributed by atoms with van der Waals surface area (Å²) in [6.45, 7) is 2.97. The minimum Gasteiger partial charge on any atom is -0.749 e. The third-order valence-corrected chi connectivity index (χ3v) is 5.60. The molecular weight excluding hydrogens is 334 g/mol. The lowest BCUT2D eigenvalue weighted by atomic mass is 9.92. The zero-order valence-corrected chi connectivity index (χ0v) is 13.1. The Morgan fingerprint density at radius 2 is 2.00 bits per heavy atom. The number of amides is 1. The maximum absolute atomic E-state index is 12.0. The highest BCUT2D eigenvalue weighted by Crippen LogP contribution is 2.34. The van der Waals surface area contributed by atoms with E-state index >= 15 is 0 Å². The molecule has 1 fully saturated rings. The summed E-state index contributed by atoms with van der Waals surface area (Å²) in [6, 6.07) is 0. The van der Waals surface area contributed by atoms with Crippen molar-refractivity contribution in [1.29, 1.82) is 0 Å². The lowest BCUT2D eigenvalue weighted by molar-refractivity contribution is -0.129. The molecule has 1 rings (SSSR count). The van der Waals surface area contributed by atoms with Gasteiger partial charge in [-0.1, -0.05) is 0 Å². The molecule has 0 spiro atoms. The van der Waals surface area contributed by atoms with Crippen molar-refractivity contribution in [3.63, 3.8) is 0 Å². The topological polar surface area (TPSA) is 121 Å². The van der Waals surface area contributed by atoms with Crippen LogP contribution in [0.2, 0.25) is 0 Å². The molecule has 8 nitrogen and oxygen atoms in total. The highest BCUT2D eigenvalue weighted by Gasteiger charge is 2.52.